The van der Waals surface area contributed by atoms with Gasteiger partial charge in [-0.1, -0.05) is 17.7 Å². The maximum absolute atomic E-state index is 9.92. The lowest BCUT2D eigenvalue weighted by molar-refractivity contribution is 0.916. The van der Waals surface area contributed by atoms with Crippen molar-refractivity contribution < 1.29 is 0 Å². The molecule has 0 amide bonds. The molecule has 0 fully saturated rings. The van der Waals surface area contributed by atoms with E-state index < -0.39 is 0 Å². The second-order valence-corrected chi connectivity index (χ2v) is 2.34. The van der Waals surface area contributed by atoms with Gasteiger partial charge in [0, 0.05) is 5.02 Å². The topological polar surface area (TPSA) is 58.7 Å². The highest BCUT2D eigenvalue weighted by Crippen LogP contribution is 2.16. The molecular formula is C6H6ClN3O. The summed E-state index contributed by atoms with van der Waals surface area (Å²) in [7, 11) is 0. The quantitative estimate of drug-likeness (QED) is 0.419. The second-order valence-electron chi connectivity index (χ2n) is 1.91. The van der Waals surface area contributed by atoms with Gasteiger partial charge < -0.3 is 0 Å². The Morgan fingerprint density at radius 2 is 2.27 bits per heavy atom. The second kappa shape index (κ2) is 3.32. The maximum atomic E-state index is 9.92. The van der Waals surface area contributed by atoms with Crippen molar-refractivity contribution in [2.45, 2.75) is 0 Å². The fourth-order valence-electron chi connectivity index (χ4n) is 0.666. The summed E-state index contributed by atoms with van der Waals surface area (Å²) in [6.45, 7) is 0. The Balaban J connectivity index is 2.95. The first-order chi connectivity index (χ1) is 5.24. The van der Waals surface area contributed by atoms with Gasteiger partial charge in [-0.15, -0.1) is 4.91 Å². The number of anilines is 1. The minimum absolute atomic E-state index is 0.465. The number of hydrogen-bond acceptors (Lipinski definition) is 3. The minimum atomic E-state index is 0.465. The average Bonchev–Trinajstić information content (AvgIpc) is 2.03. The molecule has 0 unspecified atom stereocenters. The van der Waals surface area contributed by atoms with Gasteiger partial charge in [-0.25, -0.2) is 5.84 Å². The SMILES string of the molecule is NN(N=O)c1cccc(Cl)c1. The molecule has 4 nitrogen and oxygen atoms in total. The van der Waals surface area contributed by atoms with Crippen molar-refractivity contribution in [3.8, 4) is 0 Å². The van der Waals surface area contributed by atoms with Crippen LogP contribution in [0.25, 0.3) is 0 Å². The zero-order valence-electron chi connectivity index (χ0n) is 5.57. The lowest BCUT2D eigenvalue weighted by Gasteiger charge is -2.06. The van der Waals surface area contributed by atoms with Gasteiger partial charge in [0.2, 0.25) is 0 Å². The Morgan fingerprint density at radius 3 is 2.82 bits per heavy atom. The first-order valence-corrected chi connectivity index (χ1v) is 3.25. The van der Waals surface area contributed by atoms with Crippen LogP contribution < -0.4 is 11.0 Å². The highest BCUT2D eigenvalue weighted by atomic mass is 35.5. The summed E-state index contributed by atoms with van der Waals surface area (Å²) in [5.74, 6) is 5.16. The molecule has 0 radical (unpaired) electrons. The fraction of sp³-hybridized carbons (Fsp3) is 0. The van der Waals surface area contributed by atoms with Crippen molar-refractivity contribution in [2.24, 2.45) is 11.1 Å². The molecule has 2 N–H and O–H groups in total. The molecule has 0 atom stereocenters. The number of nitrogens with zero attached hydrogens (tertiary/aromatic N) is 2. The van der Waals surface area contributed by atoms with Crippen LogP contribution in [-0.4, -0.2) is 0 Å². The molecule has 1 aromatic carbocycles. The zero-order valence-corrected chi connectivity index (χ0v) is 6.32. The van der Waals surface area contributed by atoms with E-state index in [1.54, 1.807) is 24.3 Å². The van der Waals surface area contributed by atoms with E-state index in [0.29, 0.717) is 15.8 Å². The van der Waals surface area contributed by atoms with E-state index in [1.807, 2.05) is 0 Å². The number of nitrogens with two attached hydrogens (primary N) is 1. The van der Waals surface area contributed by atoms with E-state index >= 15 is 0 Å². The zero-order chi connectivity index (χ0) is 8.27. The molecule has 1 rings (SSSR count). The predicted octanol–water partition coefficient (Wildman–Crippen LogP) is 1.70. The normalized spacial score (nSPS) is 9.27. The van der Waals surface area contributed by atoms with Crippen LogP contribution in [0, 0.1) is 4.91 Å². The van der Waals surface area contributed by atoms with E-state index in [2.05, 4.69) is 5.29 Å². The minimum Gasteiger partial charge on any atom is -0.224 e. The molecule has 1 aromatic rings. The van der Waals surface area contributed by atoms with Gasteiger partial charge in [-0.2, -0.15) is 5.12 Å². The molecule has 0 aliphatic carbocycles. The molecule has 11 heavy (non-hydrogen) atoms. The molecular weight excluding hydrogens is 166 g/mol. The molecule has 0 saturated heterocycles. The third-order valence-electron chi connectivity index (χ3n) is 1.16. The number of nitroso groups, excluding NO2 is 1. The Bertz CT molecular complexity index is 266. The summed E-state index contributed by atoms with van der Waals surface area (Å²) in [4.78, 5) is 9.92. The monoisotopic (exact) mass is 171 g/mol. The molecule has 5 heteroatoms. The van der Waals surface area contributed by atoms with Gasteiger partial charge in [0.15, 0.2) is 0 Å². The predicted molar refractivity (Wildman–Crippen MR) is 43.9 cm³/mol. The standard InChI is InChI=1S/C6H6ClN3O/c7-5-2-1-3-6(4-5)10(8)9-11/h1-4H,8H2. The largest absolute Gasteiger partial charge is 0.224 e. The summed E-state index contributed by atoms with van der Waals surface area (Å²) < 4.78 is 0. The van der Waals surface area contributed by atoms with Crippen molar-refractivity contribution >= 4 is 17.3 Å². The Kier molecular flexibility index (Phi) is 2.40. The van der Waals surface area contributed by atoms with Gasteiger partial charge in [0.25, 0.3) is 0 Å². The van der Waals surface area contributed by atoms with Crippen molar-refractivity contribution in [1.29, 1.82) is 0 Å². The van der Waals surface area contributed by atoms with Crippen LogP contribution in [0.2, 0.25) is 5.02 Å². The van der Waals surface area contributed by atoms with Crippen LogP contribution in [0.15, 0.2) is 29.6 Å². The molecule has 0 aliphatic rings. The van der Waals surface area contributed by atoms with Crippen LogP contribution in [0.3, 0.4) is 0 Å². The summed E-state index contributed by atoms with van der Waals surface area (Å²) in [5, 5.41) is 3.73. The lowest BCUT2D eigenvalue weighted by Crippen LogP contribution is -2.23. The van der Waals surface area contributed by atoms with E-state index in [9.17, 15) is 4.91 Å². The van der Waals surface area contributed by atoms with E-state index in [0.717, 1.165) is 0 Å². The van der Waals surface area contributed by atoms with Crippen LogP contribution >= 0.6 is 11.6 Å². The van der Waals surface area contributed by atoms with Crippen molar-refractivity contribution in [3.63, 3.8) is 0 Å². The number of hydrazine groups is 1. The van der Waals surface area contributed by atoms with Gasteiger partial charge in [0.05, 0.1) is 11.0 Å². The smallest absolute Gasteiger partial charge is 0.0824 e. The third kappa shape index (κ3) is 1.89. The molecule has 0 aliphatic heterocycles. The maximum Gasteiger partial charge on any atom is 0.0824 e. The lowest BCUT2D eigenvalue weighted by atomic mass is 10.3. The highest BCUT2D eigenvalue weighted by molar-refractivity contribution is 6.30. The number of benzene rings is 1. The van der Waals surface area contributed by atoms with E-state index in [4.69, 9.17) is 17.4 Å². The molecule has 0 bridgehead atoms. The van der Waals surface area contributed by atoms with Gasteiger partial charge in [-0.3, -0.25) is 0 Å². The van der Waals surface area contributed by atoms with E-state index in [1.165, 1.54) is 0 Å². The van der Waals surface area contributed by atoms with E-state index in [-0.39, 0.29) is 0 Å². The van der Waals surface area contributed by atoms with Gasteiger partial charge in [0.1, 0.15) is 0 Å². The molecule has 0 aromatic heterocycles. The number of halogens is 1. The number of rotatable bonds is 2. The van der Waals surface area contributed by atoms with Crippen molar-refractivity contribution in [3.05, 3.63) is 34.2 Å². The third-order valence-corrected chi connectivity index (χ3v) is 1.40. The molecule has 0 spiro atoms. The fourth-order valence-corrected chi connectivity index (χ4v) is 0.850. The summed E-state index contributed by atoms with van der Waals surface area (Å²) in [6.07, 6.45) is 0. The number of hydrogen-bond donors (Lipinski definition) is 1. The summed E-state index contributed by atoms with van der Waals surface area (Å²) in [6, 6.07) is 6.54. The highest BCUT2D eigenvalue weighted by Gasteiger charge is 1.99. The van der Waals surface area contributed by atoms with Crippen molar-refractivity contribution in [2.75, 3.05) is 5.12 Å². The summed E-state index contributed by atoms with van der Waals surface area (Å²) >= 11 is 5.62. The Labute approximate surface area is 68.5 Å². The van der Waals surface area contributed by atoms with Crippen LogP contribution in [0.5, 0.6) is 0 Å². The van der Waals surface area contributed by atoms with Gasteiger partial charge >= 0.3 is 0 Å². The molecule has 58 valence electrons. The summed E-state index contributed by atoms with van der Waals surface area (Å²) in [5.41, 5.74) is 0.465. The van der Waals surface area contributed by atoms with Crippen LogP contribution in [0.1, 0.15) is 0 Å². The Morgan fingerprint density at radius 1 is 1.55 bits per heavy atom. The first kappa shape index (κ1) is 7.97. The first-order valence-electron chi connectivity index (χ1n) is 2.87. The van der Waals surface area contributed by atoms with Crippen LogP contribution in [0.4, 0.5) is 5.69 Å². The van der Waals surface area contributed by atoms with Crippen molar-refractivity contribution in [1.82, 2.24) is 0 Å². The Hall–Kier alpha value is -1.13. The van der Waals surface area contributed by atoms with Gasteiger partial charge in [-0.05, 0) is 18.2 Å². The van der Waals surface area contributed by atoms with Crippen LogP contribution in [-0.2, 0) is 0 Å². The molecule has 0 heterocycles. The average molecular weight is 172 g/mol. The molecule has 0 saturated carbocycles.